The number of hydrogen-bond acceptors (Lipinski definition) is 3. The Hall–Kier alpha value is -1.37. The molecule has 0 aliphatic rings. The predicted molar refractivity (Wildman–Crippen MR) is 56.0 cm³/mol. The van der Waals surface area contributed by atoms with Crippen molar-refractivity contribution in [2.24, 2.45) is 0 Å². The number of halogens is 2. The molecule has 1 aromatic rings. The van der Waals surface area contributed by atoms with E-state index in [1.54, 1.807) is 13.0 Å². The van der Waals surface area contributed by atoms with E-state index in [1.165, 1.54) is 0 Å². The number of carboxylic acids is 1. The summed E-state index contributed by atoms with van der Waals surface area (Å²) in [6.45, 7) is 0.441. The van der Waals surface area contributed by atoms with Crippen molar-refractivity contribution in [3.63, 3.8) is 0 Å². The molecule has 1 amide bonds. The fourth-order valence-electron chi connectivity index (χ4n) is 1.06. The molecule has 0 radical (unpaired) electrons. The van der Waals surface area contributed by atoms with Crippen molar-refractivity contribution >= 4 is 27.8 Å². The van der Waals surface area contributed by atoms with Crippen LogP contribution in [0.5, 0.6) is 0 Å². The quantitative estimate of drug-likeness (QED) is 0.882. The Bertz CT molecular complexity index is 418. The number of carbonyl (C=O) groups excluding carboxylic acids is 1. The lowest BCUT2D eigenvalue weighted by Crippen LogP contribution is -2.42. The Morgan fingerprint density at radius 3 is 2.69 bits per heavy atom. The first-order valence-corrected chi connectivity index (χ1v) is 5.10. The van der Waals surface area contributed by atoms with E-state index in [-0.39, 0.29) is 5.76 Å². The number of rotatable bonds is 4. The van der Waals surface area contributed by atoms with Gasteiger partial charge >= 0.3 is 5.97 Å². The SMILES string of the molecule is Cc1cc(Br)oc1C(=O)NC(CF)C(=O)O. The molecule has 0 bridgehead atoms. The van der Waals surface area contributed by atoms with E-state index in [4.69, 9.17) is 9.52 Å². The molecule has 1 aromatic heterocycles. The molecule has 1 rings (SSSR count). The van der Waals surface area contributed by atoms with E-state index in [9.17, 15) is 14.0 Å². The Morgan fingerprint density at radius 1 is 1.69 bits per heavy atom. The molecule has 0 aromatic carbocycles. The minimum atomic E-state index is -1.56. The number of furan rings is 1. The van der Waals surface area contributed by atoms with Gasteiger partial charge in [-0.1, -0.05) is 0 Å². The van der Waals surface area contributed by atoms with Crippen molar-refractivity contribution < 1.29 is 23.5 Å². The van der Waals surface area contributed by atoms with Crippen molar-refractivity contribution in [2.75, 3.05) is 6.67 Å². The number of aryl methyl sites for hydroxylation is 1. The van der Waals surface area contributed by atoms with Crippen LogP contribution in [0.25, 0.3) is 0 Å². The first kappa shape index (κ1) is 12.7. The summed E-state index contributed by atoms with van der Waals surface area (Å²) in [5.41, 5.74) is 0.535. The van der Waals surface area contributed by atoms with Gasteiger partial charge in [0.2, 0.25) is 0 Å². The Morgan fingerprint density at radius 2 is 2.31 bits per heavy atom. The first-order valence-electron chi connectivity index (χ1n) is 4.31. The summed E-state index contributed by atoms with van der Waals surface area (Å²) in [6, 6.07) is -0.00378. The molecule has 1 unspecified atom stereocenters. The van der Waals surface area contributed by atoms with Crippen molar-refractivity contribution in [1.29, 1.82) is 0 Å². The Kier molecular flexibility index (Phi) is 4.05. The fraction of sp³-hybridized carbons (Fsp3) is 0.333. The van der Waals surface area contributed by atoms with Gasteiger partial charge in [0, 0.05) is 5.56 Å². The molecule has 5 nitrogen and oxygen atoms in total. The summed E-state index contributed by atoms with van der Waals surface area (Å²) in [5, 5.41) is 10.6. The summed E-state index contributed by atoms with van der Waals surface area (Å²) in [4.78, 5) is 22.0. The van der Waals surface area contributed by atoms with Gasteiger partial charge in [-0.05, 0) is 28.9 Å². The van der Waals surface area contributed by atoms with Crippen LogP contribution in [0.15, 0.2) is 15.2 Å². The molecule has 0 spiro atoms. The van der Waals surface area contributed by atoms with E-state index in [0.29, 0.717) is 10.2 Å². The maximum absolute atomic E-state index is 12.3. The normalized spacial score (nSPS) is 12.2. The molecular weight excluding hydrogens is 285 g/mol. The van der Waals surface area contributed by atoms with Crippen molar-refractivity contribution in [2.45, 2.75) is 13.0 Å². The van der Waals surface area contributed by atoms with Crippen LogP contribution >= 0.6 is 15.9 Å². The average molecular weight is 294 g/mol. The summed E-state index contributed by atoms with van der Waals surface area (Å²) in [5.74, 6) is -2.22. The van der Waals surface area contributed by atoms with E-state index in [2.05, 4.69) is 15.9 Å². The molecule has 0 aliphatic heterocycles. The monoisotopic (exact) mass is 293 g/mol. The van der Waals surface area contributed by atoms with Gasteiger partial charge in [-0.2, -0.15) is 0 Å². The molecule has 0 saturated carbocycles. The topological polar surface area (TPSA) is 79.5 Å². The van der Waals surface area contributed by atoms with E-state index < -0.39 is 24.6 Å². The fourth-order valence-corrected chi connectivity index (χ4v) is 1.56. The van der Waals surface area contributed by atoms with Crippen LogP contribution in [-0.2, 0) is 4.79 Å². The third-order valence-electron chi connectivity index (χ3n) is 1.85. The molecule has 7 heteroatoms. The van der Waals surface area contributed by atoms with Gasteiger partial charge in [-0.3, -0.25) is 4.79 Å². The standard InChI is InChI=1S/C9H9BrFNO4/c1-4-2-6(10)16-7(4)8(13)12-5(3-11)9(14)15/h2,5H,3H2,1H3,(H,12,13)(H,14,15). The van der Waals surface area contributed by atoms with Gasteiger partial charge in [-0.25, -0.2) is 9.18 Å². The lowest BCUT2D eigenvalue weighted by atomic mass is 10.2. The largest absolute Gasteiger partial charge is 0.480 e. The van der Waals surface area contributed by atoms with Crippen LogP contribution < -0.4 is 5.32 Å². The van der Waals surface area contributed by atoms with E-state index in [1.807, 2.05) is 5.32 Å². The number of nitrogens with one attached hydrogen (secondary N) is 1. The molecule has 1 atom stereocenters. The highest BCUT2D eigenvalue weighted by Gasteiger charge is 2.23. The summed E-state index contributed by atoms with van der Waals surface area (Å²) >= 11 is 3.03. The van der Waals surface area contributed by atoms with Crippen LogP contribution in [0.3, 0.4) is 0 Å². The zero-order valence-electron chi connectivity index (χ0n) is 8.29. The molecule has 0 fully saturated rings. The van der Waals surface area contributed by atoms with Gasteiger partial charge in [0.15, 0.2) is 16.5 Å². The molecular formula is C9H9BrFNO4. The Balaban J connectivity index is 2.79. The number of carbonyl (C=O) groups is 2. The molecule has 88 valence electrons. The molecule has 0 aliphatic carbocycles. The van der Waals surface area contributed by atoms with E-state index in [0.717, 1.165) is 0 Å². The van der Waals surface area contributed by atoms with Crippen LogP contribution in [0, 0.1) is 6.92 Å². The highest BCUT2D eigenvalue weighted by Crippen LogP contribution is 2.19. The second-order valence-electron chi connectivity index (χ2n) is 3.08. The highest BCUT2D eigenvalue weighted by atomic mass is 79.9. The van der Waals surface area contributed by atoms with Gasteiger partial charge < -0.3 is 14.8 Å². The minimum absolute atomic E-state index is 0.0356. The van der Waals surface area contributed by atoms with Gasteiger partial charge in [0.05, 0.1) is 0 Å². The van der Waals surface area contributed by atoms with Crippen LogP contribution in [-0.4, -0.2) is 29.7 Å². The summed E-state index contributed by atoms with van der Waals surface area (Å²) in [7, 11) is 0. The second-order valence-corrected chi connectivity index (χ2v) is 3.86. The van der Waals surface area contributed by atoms with Crippen molar-refractivity contribution in [3.8, 4) is 0 Å². The third kappa shape index (κ3) is 2.82. The number of hydrogen-bond donors (Lipinski definition) is 2. The predicted octanol–water partition coefficient (Wildman–Crippen LogP) is 1.50. The molecule has 1 heterocycles. The molecule has 16 heavy (non-hydrogen) atoms. The molecule has 0 saturated heterocycles. The van der Waals surface area contributed by atoms with Gasteiger partial charge in [0.25, 0.3) is 5.91 Å². The summed E-state index contributed by atoms with van der Waals surface area (Å²) in [6.07, 6.45) is 0. The van der Waals surface area contributed by atoms with Gasteiger partial charge in [0.1, 0.15) is 6.67 Å². The number of amides is 1. The maximum atomic E-state index is 12.3. The van der Waals surface area contributed by atoms with Crippen molar-refractivity contribution in [3.05, 3.63) is 22.1 Å². The number of carboxylic acid groups (broad SMARTS) is 1. The maximum Gasteiger partial charge on any atom is 0.328 e. The Labute approximate surface area is 98.8 Å². The molecule has 2 N–H and O–H groups in total. The highest BCUT2D eigenvalue weighted by molar-refractivity contribution is 9.10. The third-order valence-corrected chi connectivity index (χ3v) is 2.24. The summed E-state index contributed by atoms with van der Waals surface area (Å²) < 4.78 is 17.6. The van der Waals surface area contributed by atoms with Crippen LogP contribution in [0.1, 0.15) is 16.1 Å². The zero-order valence-corrected chi connectivity index (χ0v) is 9.88. The van der Waals surface area contributed by atoms with Crippen LogP contribution in [0.4, 0.5) is 4.39 Å². The van der Waals surface area contributed by atoms with Crippen LogP contribution in [0.2, 0.25) is 0 Å². The van der Waals surface area contributed by atoms with E-state index >= 15 is 0 Å². The number of aliphatic carboxylic acids is 1. The lowest BCUT2D eigenvalue weighted by molar-refractivity contribution is -0.139. The van der Waals surface area contributed by atoms with Gasteiger partial charge in [-0.15, -0.1) is 0 Å². The first-order chi connectivity index (χ1) is 7.45. The average Bonchev–Trinajstić information content (AvgIpc) is 2.53. The lowest BCUT2D eigenvalue weighted by Gasteiger charge is -2.09. The number of alkyl halides is 1. The zero-order chi connectivity index (χ0) is 12.3. The second kappa shape index (κ2) is 5.11. The van der Waals surface area contributed by atoms with Crippen molar-refractivity contribution in [1.82, 2.24) is 5.32 Å². The minimum Gasteiger partial charge on any atom is -0.480 e. The smallest absolute Gasteiger partial charge is 0.328 e.